The van der Waals surface area contributed by atoms with E-state index in [2.05, 4.69) is 4.90 Å². The topological polar surface area (TPSA) is 86.9 Å². The smallest absolute Gasteiger partial charge is 0.216 e. The molecule has 3 N–H and O–H groups in total. The fourth-order valence-corrected chi connectivity index (χ4v) is 7.08. The first kappa shape index (κ1) is 23.0. The van der Waals surface area contributed by atoms with E-state index in [4.69, 9.17) is 5.73 Å². The van der Waals surface area contributed by atoms with Crippen molar-refractivity contribution in [2.75, 3.05) is 32.8 Å². The molecule has 1 aliphatic carbocycles. The predicted octanol–water partition coefficient (Wildman–Crippen LogP) is 1.87. The van der Waals surface area contributed by atoms with Gasteiger partial charge in [-0.1, -0.05) is 0 Å². The van der Waals surface area contributed by atoms with E-state index in [-0.39, 0.29) is 35.3 Å². The van der Waals surface area contributed by atoms with Gasteiger partial charge in [-0.3, -0.25) is 4.90 Å². The second-order valence-corrected chi connectivity index (χ2v) is 11.8. The van der Waals surface area contributed by atoms with E-state index >= 15 is 0 Å². The number of hydrogen-bond acceptors (Lipinski definition) is 5. The minimum absolute atomic E-state index is 0.0441. The molecular formula is C22H33F2N3O3S. The molecule has 3 aliphatic rings. The van der Waals surface area contributed by atoms with Gasteiger partial charge < -0.3 is 10.8 Å². The maximum Gasteiger partial charge on any atom is 0.216 e. The summed E-state index contributed by atoms with van der Waals surface area (Å²) < 4.78 is 54.0. The Bertz CT molecular complexity index is 886. The molecule has 2 unspecified atom stereocenters. The van der Waals surface area contributed by atoms with Crippen LogP contribution in [-0.4, -0.2) is 72.8 Å². The third kappa shape index (κ3) is 5.11. The molecule has 0 radical (unpaired) electrons. The molecule has 1 aromatic carbocycles. The number of benzene rings is 1. The van der Waals surface area contributed by atoms with Gasteiger partial charge in [0.15, 0.2) is 0 Å². The van der Waals surface area contributed by atoms with Crippen LogP contribution in [0.3, 0.4) is 0 Å². The van der Waals surface area contributed by atoms with Gasteiger partial charge >= 0.3 is 0 Å². The van der Waals surface area contributed by atoms with Crippen molar-refractivity contribution in [1.82, 2.24) is 9.21 Å². The lowest BCUT2D eigenvalue weighted by atomic mass is 9.78. The summed E-state index contributed by atoms with van der Waals surface area (Å²) in [4.78, 5) is 2.24. The van der Waals surface area contributed by atoms with Crippen LogP contribution in [0.5, 0.6) is 0 Å². The van der Waals surface area contributed by atoms with Crippen molar-refractivity contribution in [2.24, 2.45) is 11.1 Å². The normalized spacial score (nSPS) is 24.5. The Morgan fingerprint density at radius 2 is 1.84 bits per heavy atom. The number of piperidine rings is 1. The summed E-state index contributed by atoms with van der Waals surface area (Å²) in [6.45, 7) is 2.76. The van der Waals surface area contributed by atoms with Crippen molar-refractivity contribution in [1.29, 1.82) is 0 Å². The second-order valence-electron chi connectivity index (χ2n) is 9.64. The van der Waals surface area contributed by atoms with E-state index in [9.17, 15) is 22.3 Å². The van der Waals surface area contributed by atoms with Crippen molar-refractivity contribution >= 4 is 10.0 Å². The van der Waals surface area contributed by atoms with Gasteiger partial charge in [0.05, 0.1) is 11.9 Å². The lowest BCUT2D eigenvalue weighted by Gasteiger charge is -2.39. The molecule has 2 saturated heterocycles. The van der Waals surface area contributed by atoms with E-state index < -0.39 is 27.7 Å². The van der Waals surface area contributed by atoms with E-state index in [0.29, 0.717) is 19.5 Å². The van der Waals surface area contributed by atoms with Gasteiger partial charge in [-0.05, 0) is 80.7 Å². The highest BCUT2D eigenvalue weighted by molar-refractivity contribution is 7.90. The number of hydrogen-bond donors (Lipinski definition) is 2. The third-order valence-corrected chi connectivity index (χ3v) is 9.75. The zero-order valence-corrected chi connectivity index (χ0v) is 18.7. The van der Waals surface area contributed by atoms with Crippen molar-refractivity contribution in [3.8, 4) is 0 Å². The summed E-state index contributed by atoms with van der Waals surface area (Å²) in [5.41, 5.74) is 6.58. The van der Waals surface area contributed by atoms with Gasteiger partial charge in [0.1, 0.15) is 11.6 Å². The average molecular weight is 458 g/mol. The standard InChI is InChI=1S/C22H33F2N3O3S/c23-17-1-4-21(24)16(11-17)12-18(25)13-19(14-28)26-8-5-22(15-26)6-9-27(10-7-22)31(29,30)20-2-3-20/h1,4,11,18-20,28H,2-3,5-10,12-15,25H2. The van der Waals surface area contributed by atoms with E-state index in [1.54, 1.807) is 4.31 Å². The van der Waals surface area contributed by atoms with Crippen molar-refractivity contribution in [3.05, 3.63) is 35.4 Å². The Balaban J connectivity index is 1.31. The molecule has 1 aromatic rings. The van der Waals surface area contributed by atoms with Gasteiger partial charge in [-0.15, -0.1) is 0 Å². The van der Waals surface area contributed by atoms with Crippen LogP contribution in [0.25, 0.3) is 0 Å². The largest absolute Gasteiger partial charge is 0.395 e. The molecule has 0 bridgehead atoms. The molecule has 1 spiro atoms. The van der Waals surface area contributed by atoms with Gasteiger partial charge in [-0.25, -0.2) is 21.5 Å². The molecule has 4 rings (SSSR count). The molecule has 174 valence electrons. The highest BCUT2D eigenvalue weighted by Crippen LogP contribution is 2.43. The summed E-state index contributed by atoms with van der Waals surface area (Å²) in [6, 6.07) is 2.85. The van der Waals surface area contributed by atoms with Crippen LogP contribution >= 0.6 is 0 Å². The van der Waals surface area contributed by atoms with Crippen LogP contribution in [0.4, 0.5) is 8.78 Å². The SMILES string of the molecule is NC(Cc1cc(F)ccc1F)CC(CO)N1CCC2(CCN(S(=O)(=O)C3CC3)CC2)C1. The number of rotatable bonds is 8. The van der Waals surface area contributed by atoms with Gasteiger partial charge in [0.2, 0.25) is 10.0 Å². The number of nitrogens with zero attached hydrogens (tertiary/aromatic N) is 2. The highest BCUT2D eigenvalue weighted by atomic mass is 32.2. The molecule has 2 aliphatic heterocycles. The van der Waals surface area contributed by atoms with Crippen molar-refractivity contribution < 1.29 is 22.3 Å². The Hall–Kier alpha value is -1.13. The molecule has 2 heterocycles. The molecule has 1 saturated carbocycles. The number of halogens is 2. The minimum atomic E-state index is -3.12. The second kappa shape index (κ2) is 9.02. The monoisotopic (exact) mass is 457 g/mol. The Kier molecular flexibility index (Phi) is 6.70. The first-order valence-corrected chi connectivity index (χ1v) is 12.8. The molecule has 0 amide bonds. The summed E-state index contributed by atoms with van der Waals surface area (Å²) in [5, 5.41) is 9.82. The molecule has 2 atom stereocenters. The summed E-state index contributed by atoms with van der Waals surface area (Å²) >= 11 is 0. The molecule has 3 fully saturated rings. The molecule has 31 heavy (non-hydrogen) atoms. The van der Waals surface area contributed by atoms with Gasteiger partial charge in [0.25, 0.3) is 0 Å². The fraction of sp³-hybridized carbons (Fsp3) is 0.727. The quantitative estimate of drug-likeness (QED) is 0.622. The number of aliphatic hydroxyl groups excluding tert-OH is 1. The zero-order valence-electron chi connectivity index (χ0n) is 17.8. The number of nitrogens with two attached hydrogens (primary N) is 1. The van der Waals surface area contributed by atoms with E-state index in [1.807, 2.05) is 0 Å². The van der Waals surface area contributed by atoms with E-state index in [0.717, 1.165) is 57.3 Å². The zero-order chi connectivity index (χ0) is 22.2. The average Bonchev–Trinajstić information content (AvgIpc) is 3.53. The highest BCUT2D eigenvalue weighted by Gasteiger charge is 2.47. The molecular weight excluding hydrogens is 424 g/mol. The Morgan fingerprint density at radius 3 is 2.48 bits per heavy atom. The Labute approximate surface area is 183 Å². The number of likely N-dealkylation sites (tertiary alicyclic amines) is 1. The first-order chi connectivity index (χ1) is 14.7. The number of aliphatic hydroxyl groups is 1. The maximum atomic E-state index is 13.9. The summed E-state index contributed by atoms with van der Waals surface area (Å²) in [7, 11) is -3.12. The van der Waals surface area contributed by atoms with Crippen LogP contribution in [0.15, 0.2) is 18.2 Å². The van der Waals surface area contributed by atoms with Crippen molar-refractivity contribution in [3.63, 3.8) is 0 Å². The molecule has 0 aromatic heterocycles. The summed E-state index contributed by atoms with van der Waals surface area (Å²) in [5.74, 6) is -0.954. The minimum Gasteiger partial charge on any atom is -0.395 e. The third-order valence-electron chi connectivity index (χ3n) is 7.35. The maximum absolute atomic E-state index is 13.9. The van der Waals surface area contributed by atoms with Crippen LogP contribution in [-0.2, 0) is 16.4 Å². The summed E-state index contributed by atoms with van der Waals surface area (Å²) in [6.07, 6.45) is 4.94. The lowest BCUT2D eigenvalue weighted by molar-refractivity contribution is 0.102. The van der Waals surface area contributed by atoms with E-state index in [1.165, 1.54) is 6.07 Å². The van der Waals surface area contributed by atoms with Crippen LogP contribution in [0.2, 0.25) is 0 Å². The first-order valence-electron chi connectivity index (χ1n) is 11.3. The van der Waals surface area contributed by atoms with Gasteiger partial charge in [0, 0.05) is 31.7 Å². The molecule has 9 heteroatoms. The van der Waals surface area contributed by atoms with Crippen LogP contribution < -0.4 is 5.73 Å². The predicted molar refractivity (Wildman–Crippen MR) is 115 cm³/mol. The number of sulfonamides is 1. The van der Waals surface area contributed by atoms with Crippen molar-refractivity contribution in [2.45, 2.75) is 62.3 Å². The Morgan fingerprint density at radius 1 is 1.16 bits per heavy atom. The lowest BCUT2D eigenvalue weighted by Crippen LogP contribution is -2.47. The van der Waals surface area contributed by atoms with Crippen LogP contribution in [0.1, 0.15) is 44.1 Å². The van der Waals surface area contributed by atoms with Crippen LogP contribution in [0, 0.1) is 17.0 Å². The van der Waals surface area contributed by atoms with Gasteiger partial charge in [-0.2, -0.15) is 0 Å². The fourth-order valence-electron chi connectivity index (χ4n) is 5.24. The molecule has 6 nitrogen and oxygen atoms in total.